The largest absolute Gasteiger partial charge is 0.444 e. The number of hydrogen-bond acceptors (Lipinski definition) is 2. The molecule has 0 heterocycles. The smallest absolute Gasteiger partial charge is 0.416 e. The van der Waals surface area contributed by atoms with E-state index in [0.717, 1.165) is 6.07 Å². The third-order valence-corrected chi connectivity index (χ3v) is 3.16. The van der Waals surface area contributed by atoms with Gasteiger partial charge in [0.05, 0.1) is 5.56 Å². The number of carbonyl (C=O) groups excluding carboxylic acids is 1. The predicted molar refractivity (Wildman–Crippen MR) is 72.0 cm³/mol. The highest BCUT2D eigenvalue weighted by atomic mass is 19.4. The van der Waals surface area contributed by atoms with Crippen LogP contribution >= 0.6 is 0 Å². The van der Waals surface area contributed by atoms with Crippen LogP contribution in [0, 0.1) is 0 Å². The lowest BCUT2D eigenvalue weighted by Crippen LogP contribution is -2.34. The van der Waals surface area contributed by atoms with Crippen molar-refractivity contribution < 1.29 is 22.7 Å². The quantitative estimate of drug-likeness (QED) is 0.893. The molecule has 6 heteroatoms. The normalized spacial score (nSPS) is 21.8. The first kappa shape index (κ1) is 15.7. The number of alkyl carbamates (subject to hydrolysis) is 1. The van der Waals surface area contributed by atoms with Crippen molar-refractivity contribution in [3.8, 4) is 0 Å². The molecular formula is C15H18F3NO2. The molecule has 0 aromatic heterocycles. The molecule has 1 aliphatic rings. The number of rotatable bonds is 2. The Balaban J connectivity index is 2.03. The van der Waals surface area contributed by atoms with Crippen LogP contribution < -0.4 is 5.32 Å². The first-order valence-corrected chi connectivity index (χ1v) is 6.73. The van der Waals surface area contributed by atoms with Crippen LogP contribution in [-0.2, 0) is 10.9 Å². The van der Waals surface area contributed by atoms with Gasteiger partial charge in [-0.05, 0) is 38.8 Å². The predicted octanol–water partition coefficient (Wildman–Crippen LogP) is 4.09. The molecule has 2 rings (SSSR count). The van der Waals surface area contributed by atoms with Crippen LogP contribution in [0.3, 0.4) is 0 Å². The zero-order valence-corrected chi connectivity index (χ0v) is 12.1. The van der Waals surface area contributed by atoms with E-state index in [4.69, 9.17) is 4.74 Å². The zero-order chi connectivity index (χ0) is 15.8. The molecule has 3 nitrogen and oxygen atoms in total. The van der Waals surface area contributed by atoms with Crippen molar-refractivity contribution in [2.45, 2.75) is 50.9 Å². The fourth-order valence-electron chi connectivity index (χ4n) is 2.24. The van der Waals surface area contributed by atoms with Gasteiger partial charge in [0.15, 0.2) is 0 Å². The van der Waals surface area contributed by atoms with Gasteiger partial charge in [0.2, 0.25) is 0 Å². The van der Waals surface area contributed by atoms with E-state index in [-0.39, 0.29) is 17.5 Å². The Labute approximate surface area is 121 Å². The van der Waals surface area contributed by atoms with Crippen molar-refractivity contribution in [1.82, 2.24) is 5.32 Å². The molecule has 0 radical (unpaired) electrons. The van der Waals surface area contributed by atoms with Crippen LogP contribution in [0.4, 0.5) is 18.0 Å². The van der Waals surface area contributed by atoms with Gasteiger partial charge in [0, 0.05) is 12.0 Å². The molecule has 1 saturated carbocycles. The molecular weight excluding hydrogens is 283 g/mol. The van der Waals surface area contributed by atoms with Gasteiger partial charge in [0.25, 0.3) is 0 Å². The first-order chi connectivity index (χ1) is 9.58. The number of amides is 1. The highest BCUT2D eigenvalue weighted by Crippen LogP contribution is 2.46. The highest BCUT2D eigenvalue weighted by molar-refractivity contribution is 5.69. The van der Waals surface area contributed by atoms with Crippen molar-refractivity contribution in [3.63, 3.8) is 0 Å². The lowest BCUT2D eigenvalue weighted by atomic mass is 10.0. The van der Waals surface area contributed by atoms with E-state index < -0.39 is 23.4 Å². The standard InChI is InChI=1S/C15H18F3NO2/c1-14(2,3)21-13(20)19-12-8-10(12)9-6-4-5-7-11(9)15(16,17)18/h4-7,10,12H,8H2,1-3H3,(H,19,20). The van der Waals surface area contributed by atoms with E-state index in [9.17, 15) is 18.0 Å². The van der Waals surface area contributed by atoms with Gasteiger partial charge in [-0.25, -0.2) is 4.79 Å². The Morgan fingerprint density at radius 2 is 1.86 bits per heavy atom. The fourth-order valence-corrected chi connectivity index (χ4v) is 2.24. The van der Waals surface area contributed by atoms with Gasteiger partial charge >= 0.3 is 12.3 Å². The summed E-state index contributed by atoms with van der Waals surface area (Å²) >= 11 is 0. The third kappa shape index (κ3) is 4.12. The Morgan fingerprint density at radius 3 is 2.43 bits per heavy atom. The van der Waals surface area contributed by atoms with E-state index in [2.05, 4.69) is 5.32 Å². The molecule has 2 unspecified atom stereocenters. The van der Waals surface area contributed by atoms with E-state index >= 15 is 0 Å². The van der Waals surface area contributed by atoms with Gasteiger partial charge < -0.3 is 10.1 Å². The minimum absolute atomic E-state index is 0.228. The third-order valence-electron chi connectivity index (χ3n) is 3.16. The lowest BCUT2D eigenvalue weighted by Gasteiger charge is -2.20. The topological polar surface area (TPSA) is 38.3 Å². The molecule has 21 heavy (non-hydrogen) atoms. The summed E-state index contributed by atoms with van der Waals surface area (Å²) in [7, 11) is 0. The van der Waals surface area contributed by atoms with Crippen molar-refractivity contribution >= 4 is 6.09 Å². The number of benzene rings is 1. The second-order valence-corrected chi connectivity index (χ2v) is 6.18. The lowest BCUT2D eigenvalue weighted by molar-refractivity contribution is -0.138. The second kappa shape index (κ2) is 5.24. The summed E-state index contributed by atoms with van der Waals surface area (Å²) in [6, 6.07) is 5.17. The molecule has 1 aliphatic carbocycles. The van der Waals surface area contributed by atoms with Crippen LogP contribution in [0.5, 0.6) is 0 Å². The Bertz CT molecular complexity index is 534. The van der Waals surface area contributed by atoms with Crippen molar-refractivity contribution in [3.05, 3.63) is 35.4 Å². The zero-order valence-electron chi connectivity index (χ0n) is 12.1. The minimum atomic E-state index is -4.38. The van der Waals surface area contributed by atoms with Crippen LogP contribution in [-0.4, -0.2) is 17.7 Å². The molecule has 1 aromatic rings. The molecule has 0 aliphatic heterocycles. The molecule has 0 saturated heterocycles. The molecule has 0 bridgehead atoms. The first-order valence-electron chi connectivity index (χ1n) is 6.73. The fraction of sp³-hybridized carbons (Fsp3) is 0.533. The van der Waals surface area contributed by atoms with Crippen LogP contribution in [0.1, 0.15) is 44.2 Å². The van der Waals surface area contributed by atoms with Crippen molar-refractivity contribution in [2.75, 3.05) is 0 Å². The SMILES string of the molecule is CC(C)(C)OC(=O)NC1CC1c1ccccc1C(F)(F)F. The number of alkyl halides is 3. The van der Waals surface area contributed by atoms with E-state index in [1.165, 1.54) is 12.1 Å². The van der Waals surface area contributed by atoms with Gasteiger partial charge in [-0.2, -0.15) is 13.2 Å². The molecule has 1 aromatic carbocycles. The summed E-state index contributed by atoms with van der Waals surface area (Å²) in [6.07, 6.45) is -4.48. The van der Waals surface area contributed by atoms with Gasteiger partial charge in [0.1, 0.15) is 5.60 Å². The Morgan fingerprint density at radius 1 is 1.24 bits per heavy atom. The molecule has 0 spiro atoms. The summed E-state index contributed by atoms with van der Waals surface area (Å²) in [5, 5.41) is 2.61. The van der Waals surface area contributed by atoms with E-state index in [1.54, 1.807) is 26.8 Å². The molecule has 1 N–H and O–H groups in total. The van der Waals surface area contributed by atoms with Crippen LogP contribution in [0.15, 0.2) is 24.3 Å². The highest BCUT2D eigenvalue weighted by Gasteiger charge is 2.45. The summed E-state index contributed by atoms with van der Waals surface area (Å²) in [5.41, 5.74) is -1.03. The van der Waals surface area contributed by atoms with E-state index in [0.29, 0.717) is 6.42 Å². The summed E-state index contributed by atoms with van der Waals surface area (Å²) in [5.74, 6) is -0.310. The number of halogens is 3. The minimum Gasteiger partial charge on any atom is -0.444 e. The second-order valence-electron chi connectivity index (χ2n) is 6.18. The molecule has 116 valence electrons. The number of ether oxygens (including phenoxy) is 1. The average molecular weight is 301 g/mol. The Hall–Kier alpha value is -1.72. The van der Waals surface area contributed by atoms with Crippen molar-refractivity contribution in [2.24, 2.45) is 0 Å². The number of nitrogens with one attached hydrogen (secondary N) is 1. The summed E-state index contributed by atoms with van der Waals surface area (Å²) < 4.78 is 43.9. The van der Waals surface area contributed by atoms with Crippen LogP contribution in [0.25, 0.3) is 0 Å². The molecule has 1 amide bonds. The average Bonchev–Trinajstić information content (AvgIpc) is 3.04. The van der Waals surface area contributed by atoms with Gasteiger partial charge in [-0.3, -0.25) is 0 Å². The summed E-state index contributed by atoms with van der Waals surface area (Å²) in [4.78, 5) is 11.6. The summed E-state index contributed by atoms with van der Waals surface area (Å²) in [6.45, 7) is 5.20. The maximum atomic E-state index is 12.9. The van der Waals surface area contributed by atoms with Crippen LogP contribution in [0.2, 0.25) is 0 Å². The molecule has 2 atom stereocenters. The molecule has 1 fully saturated rings. The maximum absolute atomic E-state index is 12.9. The van der Waals surface area contributed by atoms with Crippen molar-refractivity contribution in [1.29, 1.82) is 0 Å². The van der Waals surface area contributed by atoms with Gasteiger partial charge in [-0.1, -0.05) is 18.2 Å². The van der Waals surface area contributed by atoms with Gasteiger partial charge in [-0.15, -0.1) is 0 Å². The number of carbonyl (C=O) groups is 1. The maximum Gasteiger partial charge on any atom is 0.416 e. The Kier molecular flexibility index (Phi) is 3.91. The van der Waals surface area contributed by atoms with E-state index in [1.807, 2.05) is 0 Å². The number of hydrogen-bond donors (Lipinski definition) is 1. The monoisotopic (exact) mass is 301 g/mol.